The number of primary amides is 2. The molecule has 1 aliphatic heterocycles. The van der Waals surface area contributed by atoms with E-state index in [9.17, 15) is 82.2 Å². The van der Waals surface area contributed by atoms with Crippen molar-refractivity contribution in [3.05, 3.63) is 23.8 Å². The van der Waals surface area contributed by atoms with E-state index in [1.54, 1.807) is 13.8 Å². The molecule has 2 rings (SSSR count). The Morgan fingerprint density at radius 1 is 0.786 bits per heavy atom. The average Bonchev–Trinajstić information content (AvgIpc) is 3.23. The lowest BCUT2D eigenvalue weighted by molar-refractivity contribution is -0.155. The van der Waals surface area contributed by atoms with Crippen LogP contribution in [0, 0.1) is 11.8 Å². The van der Waals surface area contributed by atoms with E-state index in [1.807, 2.05) is 0 Å². The number of carboxylic acid groups (broad SMARTS) is 3. The van der Waals surface area contributed by atoms with E-state index in [2.05, 4.69) is 37.2 Å². The second kappa shape index (κ2) is 27.6. The number of phenolic OH excluding ortho intramolecular Hbond substituents is 1. The predicted molar refractivity (Wildman–Crippen MR) is 244 cm³/mol. The molecular weight excluding hydrogens is 949 g/mol. The Labute approximate surface area is 403 Å². The Morgan fingerprint density at radius 2 is 1.40 bits per heavy atom. The third-order valence-electron chi connectivity index (χ3n) is 10.7. The van der Waals surface area contributed by atoms with Crippen LogP contribution < -0.4 is 54.4 Å². The number of rotatable bonds is 15. The van der Waals surface area contributed by atoms with Crippen molar-refractivity contribution >= 4 is 87.6 Å². The molecule has 28 heteroatoms. The summed E-state index contributed by atoms with van der Waals surface area (Å²) in [5.41, 5.74) is 14.7. The van der Waals surface area contributed by atoms with E-state index in [4.69, 9.17) is 17.2 Å². The standard InChI is InChI=1S/C42H62N10O17S/c1-20(2)13-24-36(61)50-25(15-21-9-10-29(53)23(43)14-21)38(63)52-42(3,11-6-8-33(57)58)41(68)51-27(17-30(44)54)35(60)46-12-5-4-7-31(55)48-28(34(45)59)18-70(69)19-32(56)47-26(37(62)49-24)16-22(39(64)65)40(66)67/h9-10,14,20,22,24-28,53H,4-8,11-13,15-19,43H2,1-3H3,(H2,44,54)(H2,45,59)(H,46,60)(H,47,56)(H,48,55)(H,49,62)(H,50,61)(H,51,68)(H,52,63)(H,57,58)(H,64,65)(H,66,67)/t24-,25-,26-,27-,28-,42-,70+/m0/s1. The van der Waals surface area contributed by atoms with Gasteiger partial charge in [-0.25, -0.2) is 0 Å². The van der Waals surface area contributed by atoms with Crippen molar-refractivity contribution in [1.29, 1.82) is 0 Å². The number of benzene rings is 1. The molecule has 0 radical (unpaired) electrons. The number of amides is 9. The maximum absolute atomic E-state index is 14.4. The lowest BCUT2D eigenvalue weighted by atomic mass is 9.91. The molecule has 1 aromatic carbocycles. The van der Waals surface area contributed by atoms with Crippen LogP contribution in [0.4, 0.5) is 5.69 Å². The molecule has 70 heavy (non-hydrogen) atoms. The van der Waals surface area contributed by atoms with Crippen molar-refractivity contribution in [2.24, 2.45) is 23.3 Å². The first-order chi connectivity index (χ1) is 32.6. The zero-order chi connectivity index (χ0) is 53.0. The molecule has 0 spiro atoms. The molecule has 27 nitrogen and oxygen atoms in total. The van der Waals surface area contributed by atoms with E-state index in [1.165, 1.54) is 25.1 Å². The van der Waals surface area contributed by atoms with Crippen LogP contribution in [-0.4, -0.2) is 150 Å². The highest BCUT2D eigenvalue weighted by Gasteiger charge is 2.41. The van der Waals surface area contributed by atoms with Gasteiger partial charge in [0.1, 0.15) is 47.3 Å². The molecule has 7 atom stereocenters. The van der Waals surface area contributed by atoms with Crippen molar-refractivity contribution in [1.82, 2.24) is 37.2 Å². The van der Waals surface area contributed by atoms with Crippen molar-refractivity contribution in [3.63, 3.8) is 0 Å². The number of phenols is 1. The highest BCUT2D eigenvalue weighted by molar-refractivity contribution is 7.85. The monoisotopic (exact) mass is 1010 g/mol. The molecule has 17 N–H and O–H groups in total. The lowest BCUT2D eigenvalue weighted by Crippen LogP contribution is -2.64. The third kappa shape index (κ3) is 20.1. The fraction of sp³-hybridized carbons (Fsp3) is 0.571. The lowest BCUT2D eigenvalue weighted by Gasteiger charge is -2.33. The number of carboxylic acids is 3. The van der Waals surface area contributed by atoms with Gasteiger partial charge in [-0.3, -0.25) is 61.7 Å². The molecule has 1 saturated heterocycles. The summed E-state index contributed by atoms with van der Waals surface area (Å²) in [5, 5.41) is 55.4. The molecule has 0 bridgehead atoms. The van der Waals surface area contributed by atoms with Gasteiger partial charge in [-0.1, -0.05) is 19.9 Å². The van der Waals surface area contributed by atoms with Gasteiger partial charge in [0.2, 0.25) is 53.2 Å². The first-order valence-corrected chi connectivity index (χ1v) is 23.4. The van der Waals surface area contributed by atoms with Crippen LogP contribution >= 0.6 is 0 Å². The molecule has 1 aromatic rings. The van der Waals surface area contributed by atoms with Gasteiger partial charge in [-0.15, -0.1) is 0 Å². The minimum Gasteiger partial charge on any atom is -0.506 e. The fourth-order valence-electron chi connectivity index (χ4n) is 6.94. The fourth-order valence-corrected chi connectivity index (χ4v) is 8.06. The van der Waals surface area contributed by atoms with E-state index in [0.717, 1.165) is 0 Å². The van der Waals surface area contributed by atoms with Crippen LogP contribution in [0.15, 0.2) is 18.2 Å². The number of nitrogen functional groups attached to an aromatic ring is 1. The Morgan fingerprint density at radius 3 is 1.96 bits per heavy atom. The molecule has 1 heterocycles. The quantitative estimate of drug-likeness (QED) is 0.0449. The average molecular weight is 1010 g/mol. The van der Waals surface area contributed by atoms with Gasteiger partial charge in [-0.05, 0) is 62.6 Å². The molecule has 1 aliphatic rings. The number of anilines is 1. The second-order valence-electron chi connectivity index (χ2n) is 17.2. The largest absolute Gasteiger partial charge is 0.506 e. The summed E-state index contributed by atoms with van der Waals surface area (Å²) in [7, 11) is -2.32. The highest BCUT2D eigenvalue weighted by atomic mass is 32.2. The molecule has 1 fully saturated rings. The summed E-state index contributed by atoms with van der Waals surface area (Å²) in [6.07, 6.45) is -3.79. The topological polar surface area (TPSA) is 465 Å². The summed E-state index contributed by atoms with van der Waals surface area (Å²) >= 11 is 0. The number of carbonyl (C=O) groups excluding carboxylic acids is 9. The number of aromatic hydroxyl groups is 1. The Kier molecular flexibility index (Phi) is 23.1. The van der Waals surface area contributed by atoms with Gasteiger partial charge in [0.25, 0.3) is 0 Å². The van der Waals surface area contributed by atoms with Gasteiger partial charge in [0, 0.05) is 43.0 Å². The molecule has 388 valence electrons. The minimum absolute atomic E-state index is 0.0627. The zero-order valence-corrected chi connectivity index (χ0v) is 39.5. The molecule has 0 aromatic heterocycles. The Hall–Kier alpha value is -7.39. The van der Waals surface area contributed by atoms with E-state index >= 15 is 0 Å². The van der Waals surface area contributed by atoms with Crippen LogP contribution in [0.1, 0.15) is 84.1 Å². The summed E-state index contributed by atoms with van der Waals surface area (Å²) in [4.78, 5) is 156. The van der Waals surface area contributed by atoms with Crippen LogP contribution in [0.2, 0.25) is 0 Å². The minimum atomic E-state index is -2.32. The number of hydrogen-bond donors (Lipinski definition) is 14. The van der Waals surface area contributed by atoms with Gasteiger partial charge >= 0.3 is 17.9 Å². The third-order valence-corrected chi connectivity index (χ3v) is 12.0. The summed E-state index contributed by atoms with van der Waals surface area (Å²) < 4.78 is 13.1. The maximum atomic E-state index is 14.4. The SMILES string of the molecule is CC(C)C[C@@H]1NC(=O)[C@H](CC(C(=O)O)C(=O)O)NC(=O)C[S@](=O)C[C@@H](C(N)=O)NC(=O)CCCCNC(=O)[C@H](CC(N)=O)NC(=O)[C@](C)(CCCC(=O)O)NC(=O)[C@H](Cc2ccc(O)c(N)c2)NC1=O. The second-order valence-corrected chi connectivity index (χ2v) is 18.7. The van der Waals surface area contributed by atoms with Crippen LogP contribution in [0.5, 0.6) is 5.75 Å². The van der Waals surface area contributed by atoms with E-state index in [-0.39, 0.29) is 55.6 Å². The normalized spacial score (nSPS) is 24.3. The number of nitrogens with two attached hydrogens (primary N) is 3. The van der Waals surface area contributed by atoms with Crippen molar-refractivity contribution in [3.8, 4) is 5.75 Å². The summed E-state index contributed by atoms with van der Waals surface area (Å²) in [6.45, 7) is 4.28. The highest BCUT2D eigenvalue weighted by Crippen LogP contribution is 2.22. The smallest absolute Gasteiger partial charge is 0.317 e. The van der Waals surface area contributed by atoms with Crippen molar-refractivity contribution in [2.45, 2.75) is 121 Å². The zero-order valence-electron chi connectivity index (χ0n) is 38.7. The van der Waals surface area contributed by atoms with Crippen molar-refractivity contribution in [2.75, 3.05) is 23.8 Å². The van der Waals surface area contributed by atoms with Gasteiger partial charge in [-0.2, -0.15) is 0 Å². The van der Waals surface area contributed by atoms with E-state index in [0.29, 0.717) is 0 Å². The van der Waals surface area contributed by atoms with Crippen LogP contribution in [0.3, 0.4) is 0 Å². The Balaban J connectivity index is 2.79. The summed E-state index contributed by atoms with van der Waals surface area (Å²) in [5.74, 6) is -19.6. The van der Waals surface area contributed by atoms with Crippen molar-refractivity contribution < 1.29 is 82.2 Å². The number of hydrogen-bond acceptors (Lipinski definition) is 15. The maximum Gasteiger partial charge on any atom is 0.317 e. The number of carbonyl (C=O) groups is 12. The number of nitrogens with one attached hydrogen (secondary N) is 7. The molecule has 0 aliphatic carbocycles. The van der Waals surface area contributed by atoms with Gasteiger partial charge < -0.3 is 74.8 Å². The van der Waals surface area contributed by atoms with Gasteiger partial charge in [0.15, 0.2) is 5.92 Å². The van der Waals surface area contributed by atoms with Gasteiger partial charge in [0.05, 0.1) is 17.9 Å². The van der Waals surface area contributed by atoms with Crippen LogP contribution in [0.25, 0.3) is 0 Å². The number of aliphatic carboxylic acids is 3. The Bertz CT molecular complexity index is 2180. The first kappa shape index (κ1) is 58.7. The predicted octanol–water partition coefficient (Wildman–Crippen LogP) is -4.30. The molecule has 0 saturated carbocycles. The van der Waals surface area contributed by atoms with Crippen LogP contribution in [-0.2, 0) is 74.8 Å². The summed E-state index contributed by atoms with van der Waals surface area (Å²) in [6, 6.07) is -4.86. The van der Waals surface area contributed by atoms with E-state index < -0.39 is 173 Å². The first-order valence-electron chi connectivity index (χ1n) is 21.9. The molecule has 0 unspecified atom stereocenters. The molecular formula is C42H62N10O17S. The molecule has 9 amide bonds.